The topological polar surface area (TPSA) is 92.3 Å². The molecule has 1 aromatic heterocycles. The number of amides is 1. The normalized spacial score (nSPS) is 15.4. The minimum absolute atomic E-state index is 0.244. The van der Waals surface area contributed by atoms with E-state index in [1.807, 2.05) is 0 Å². The molecule has 1 saturated heterocycles. The molecule has 7 nitrogen and oxygen atoms in total. The Morgan fingerprint density at radius 3 is 2.29 bits per heavy atom. The fourth-order valence-electron chi connectivity index (χ4n) is 3.27. The molecule has 0 bridgehead atoms. The summed E-state index contributed by atoms with van der Waals surface area (Å²) >= 11 is 0. The number of carbonyl (C=O) groups is 1. The van der Waals surface area contributed by atoms with Crippen LogP contribution >= 0.6 is 0 Å². The van der Waals surface area contributed by atoms with Crippen molar-refractivity contribution < 1.29 is 13.2 Å². The molecule has 0 aliphatic carbocycles. The Labute approximate surface area is 163 Å². The van der Waals surface area contributed by atoms with Crippen LogP contribution in [0.5, 0.6) is 0 Å². The lowest BCUT2D eigenvalue weighted by atomic mass is 10.1. The van der Waals surface area contributed by atoms with Gasteiger partial charge in [0.25, 0.3) is 5.91 Å². The zero-order chi connectivity index (χ0) is 19.6. The van der Waals surface area contributed by atoms with E-state index in [9.17, 15) is 13.2 Å². The number of sulfonamides is 1. The number of piperidine rings is 1. The van der Waals surface area contributed by atoms with Gasteiger partial charge in [0.15, 0.2) is 0 Å². The lowest BCUT2D eigenvalue weighted by Gasteiger charge is -2.25. The standard InChI is InChI=1S/C20H20N4O3S/c25-20(15-4-9-18-19(14-15)22-11-10-21-18)23-16-5-7-17(8-6-16)28(26,27)24-12-2-1-3-13-24/h4-11,14H,1-3,12-13H2,(H,23,25). The molecule has 1 fully saturated rings. The van der Waals surface area contributed by atoms with Crippen LogP contribution in [0, 0.1) is 0 Å². The number of anilines is 1. The van der Waals surface area contributed by atoms with Gasteiger partial charge in [-0.3, -0.25) is 14.8 Å². The average molecular weight is 396 g/mol. The maximum atomic E-state index is 12.7. The Morgan fingerprint density at radius 1 is 0.893 bits per heavy atom. The summed E-state index contributed by atoms with van der Waals surface area (Å²) in [5.41, 5.74) is 2.34. The molecule has 8 heteroatoms. The molecule has 28 heavy (non-hydrogen) atoms. The highest BCUT2D eigenvalue weighted by molar-refractivity contribution is 7.89. The van der Waals surface area contributed by atoms with Crippen molar-refractivity contribution in [2.75, 3.05) is 18.4 Å². The number of hydrogen-bond donors (Lipinski definition) is 1. The van der Waals surface area contributed by atoms with Gasteiger partial charge in [-0.25, -0.2) is 8.42 Å². The van der Waals surface area contributed by atoms with E-state index in [0.29, 0.717) is 35.4 Å². The first-order valence-corrected chi connectivity index (χ1v) is 10.6. The summed E-state index contributed by atoms with van der Waals surface area (Å²) in [4.78, 5) is 21.1. The van der Waals surface area contributed by atoms with Gasteiger partial charge in [-0.2, -0.15) is 4.31 Å². The van der Waals surface area contributed by atoms with E-state index in [0.717, 1.165) is 19.3 Å². The molecule has 2 aromatic carbocycles. The predicted octanol–water partition coefficient (Wildman–Crippen LogP) is 3.06. The first-order chi connectivity index (χ1) is 13.5. The number of nitrogens with zero attached hydrogens (tertiary/aromatic N) is 3. The van der Waals surface area contributed by atoms with Gasteiger partial charge in [0.2, 0.25) is 10.0 Å². The van der Waals surface area contributed by atoms with Gasteiger partial charge >= 0.3 is 0 Å². The number of carbonyl (C=O) groups excluding carboxylic acids is 1. The second-order valence-electron chi connectivity index (χ2n) is 6.70. The van der Waals surface area contributed by atoms with E-state index in [-0.39, 0.29) is 10.8 Å². The molecule has 1 N–H and O–H groups in total. The summed E-state index contributed by atoms with van der Waals surface area (Å²) in [6, 6.07) is 11.4. The third-order valence-corrected chi connectivity index (χ3v) is 6.71. The van der Waals surface area contributed by atoms with Crippen molar-refractivity contribution >= 4 is 32.7 Å². The molecule has 0 radical (unpaired) electrons. The Balaban J connectivity index is 1.49. The summed E-state index contributed by atoms with van der Waals surface area (Å²) in [6.07, 6.45) is 6.03. The van der Waals surface area contributed by atoms with Crippen molar-refractivity contribution in [3.05, 3.63) is 60.4 Å². The first kappa shape index (κ1) is 18.5. The number of nitrogens with one attached hydrogen (secondary N) is 1. The zero-order valence-electron chi connectivity index (χ0n) is 15.2. The quantitative estimate of drug-likeness (QED) is 0.732. The van der Waals surface area contributed by atoms with Crippen molar-refractivity contribution in [3.8, 4) is 0 Å². The average Bonchev–Trinajstić information content (AvgIpc) is 2.74. The highest BCUT2D eigenvalue weighted by Crippen LogP contribution is 2.22. The van der Waals surface area contributed by atoms with E-state index in [1.165, 1.54) is 16.4 Å². The molecule has 1 aliphatic rings. The predicted molar refractivity (Wildman–Crippen MR) is 107 cm³/mol. The molecule has 1 amide bonds. The van der Waals surface area contributed by atoms with E-state index < -0.39 is 10.0 Å². The highest BCUT2D eigenvalue weighted by Gasteiger charge is 2.25. The maximum Gasteiger partial charge on any atom is 0.255 e. The number of fused-ring (bicyclic) bond motifs is 1. The molecule has 1 aliphatic heterocycles. The molecule has 4 rings (SSSR count). The Morgan fingerprint density at radius 2 is 1.57 bits per heavy atom. The lowest BCUT2D eigenvalue weighted by molar-refractivity contribution is 0.102. The molecule has 0 spiro atoms. The maximum absolute atomic E-state index is 12.7. The monoisotopic (exact) mass is 396 g/mol. The smallest absolute Gasteiger partial charge is 0.255 e. The van der Waals surface area contributed by atoms with Crippen molar-refractivity contribution in [2.24, 2.45) is 0 Å². The summed E-state index contributed by atoms with van der Waals surface area (Å²) < 4.78 is 26.9. The van der Waals surface area contributed by atoms with E-state index >= 15 is 0 Å². The number of rotatable bonds is 4. The third-order valence-electron chi connectivity index (χ3n) is 4.80. The van der Waals surface area contributed by atoms with Gasteiger partial charge in [-0.1, -0.05) is 6.42 Å². The van der Waals surface area contributed by atoms with Crippen LogP contribution < -0.4 is 5.32 Å². The van der Waals surface area contributed by atoms with Crippen LogP contribution in [-0.4, -0.2) is 41.7 Å². The largest absolute Gasteiger partial charge is 0.322 e. The fraction of sp³-hybridized carbons (Fsp3) is 0.250. The van der Waals surface area contributed by atoms with Crippen molar-refractivity contribution in [3.63, 3.8) is 0 Å². The van der Waals surface area contributed by atoms with Gasteiger partial charge in [0, 0.05) is 36.7 Å². The molecule has 2 heterocycles. The van der Waals surface area contributed by atoms with Crippen LogP contribution in [0.4, 0.5) is 5.69 Å². The van der Waals surface area contributed by atoms with Crippen LogP contribution in [0.3, 0.4) is 0 Å². The lowest BCUT2D eigenvalue weighted by Crippen LogP contribution is -2.35. The molecule has 3 aromatic rings. The van der Waals surface area contributed by atoms with E-state index in [2.05, 4.69) is 15.3 Å². The van der Waals surface area contributed by atoms with Crippen LogP contribution in [0.1, 0.15) is 29.6 Å². The van der Waals surface area contributed by atoms with Crippen molar-refractivity contribution in [1.29, 1.82) is 0 Å². The summed E-state index contributed by atoms with van der Waals surface area (Å²) in [5.74, 6) is -0.292. The first-order valence-electron chi connectivity index (χ1n) is 9.16. The van der Waals surface area contributed by atoms with E-state index in [4.69, 9.17) is 0 Å². The Hall–Kier alpha value is -2.84. The second-order valence-corrected chi connectivity index (χ2v) is 8.64. The second kappa shape index (κ2) is 7.65. The SMILES string of the molecule is O=C(Nc1ccc(S(=O)(=O)N2CCCCC2)cc1)c1ccc2nccnc2c1. The van der Waals surface area contributed by atoms with Gasteiger partial charge < -0.3 is 5.32 Å². The van der Waals surface area contributed by atoms with Gasteiger partial charge in [-0.15, -0.1) is 0 Å². The van der Waals surface area contributed by atoms with Crippen LogP contribution in [0.25, 0.3) is 11.0 Å². The number of benzene rings is 2. The van der Waals surface area contributed by atoms with Gasteiger partial charge in [0.1, 0.15) is 0 Å². The summed E-state index contributed by atoms with van der Waals surface area (Å²) in [6.45, 7) is 1.12. The molecule has 0 atom stereocenters. The van der Waals surface area contributed by atoms with Gasteiger partial charge in [0.05, 0.1) is 15.9 Å². The molecular weight excluding hydrogens is 376 g/mol. The molecule has 144 valence electrons. The molecule has 0 saturated carbocycles. The fourth-order valence-corrected chi connectivity index (χ4v) is 4.79. The highest BCUT2D eigenvalue weighted by atomic mass is 32.2. The van der Waals surface area contributed by atoms with Crippen LogP contribution in [-0.2, 0) is 10.0 Å². The molecular formula is C20H20N4O3S. The summed E-state index contributed by atoms with van der Waals surface area (Å²) in [5, 5.41) is 2.79. The van der Waals surface area contributed by atoms with Crippen molar-refractivity contribution in [1.82, 2.24) is 14.3 Å². The third kappa shape index (κ3) is 3.74. The van der Waals surface area contributed by atoms with Crippen LogP contribution in [0.2, 0.25) is 0 Å². The number of aromatic nitrogens is 2. The molecule has 0 unspecified atom stereocenters. The van der Waals surface area contributed by atoms with Crippen LogP contribution in [0.15, 0.2) is 59.8 Å². The zero-order valence-corrected chi connectivity index (χ0v) is 16.0. The number of hydrogen-bond acceptors (Lipinski definition) is 5. The Kier molecular flexibility index (Phi) is 5.06. The summed E-state index contributed by atoms with van der Waals surface area (Å²) in [7, 11) is -3.48. The minimum atomic E-state index is -3.48. The Bertz CT molecular complexity index is 1110. The minimum Gasteiger partial charge on any atom is -0.322 e. The van der Waals surface area contributed by atoms with Gasteiger partial charge in [-0.05, 0) is 55.3 Å². The van der Waals surface area contributed by atoms with Crippen molar-refractivity contribution in [2.45, 2.75) is 24.2 Å². The van der Waals surface area contributed by atoms with E-state index in [1.54, 1.807) is 42.7 Å².